The van der Waals surface area contributed by atoms with Gasteiger partial charge >= 0.3 is 0 Å². The zero-order valence-electron chi connectivity index (χ0n) is 16.5. The van der Waals surface area contributed by atoms with Gasteiger partial charge in [-0.25, -0.2) is 0 Å². The monoisotopic (exact) mass is 505 g/mol. The average molecular weight is 505 g/mol. The first-order valence-electron chi connectivity index (χ1n) is 7.07. The molecule has 0 aromatic rings. The van der Waals surface area contributed by atoms with Crippen LogP contribution in [0.4, 0.5) is 0 Å². The summed E-state index contributed by atoms with van der Waals surface area (Å²) in [5.41, 5.74) is 1.40. The quantitative estimate of drug-likeness (QED) is 0.358. The van der Waals surface area contributed by atoms with E-state index in [0.29, 0.717) is 16.2 Å². The van der Waals surface area contributed by atoms with Crippen molar-refractivity contribution in [3.8, 4) is 0 Å². The molecule has 0 heterocycles. The van der Waals surface area contributed by atoms with Gasteiger partial charge < -0.3 is 21.8 Å². The maximum atomic E-state index is 7.75. The van der Waals surface area contributed by atoms with Crippen molar-refractivity contribution in [2.24, 2.45) is 34.0 Å². The molecule has 1 aliphatic carbocycles. The molecule has 0 aliphatic heterocycles. The summed E-state index contributed by atoms with van der Waals surface area (Å²) >= 11 is 0. The maximum Gasteiger partial charge on any atom is 0 e. The Morgan fingerprint density at radius 1 is 0.478 bits per heavy atom. The van der Waals surface area contributed by atoms with E-state index in [0.717, 1.165) is 17.8 Å². The predicted octanol–water partition coefficient (Wildman–Crippen LogP) is 4.61. The van der Waals surface area contributed by atoms with E-state index in [9.17, 15) is 0 Å². The summed E-state index contributed by atoms with van der Waals surface area (Å²) < 4.78 is 0. The molecule has 1 rings (SSSR count). The van der Waals surface area contributed by atoms with Crippen molar-refractivity contribution >= 4 is 20.4 Å². The van der Waals surface area contributed by atoms with Crippen molar-refractivity contribution in [2.75, 3.05) is 0 Å². The van der Waals surface area contributed by atoms with Crippen LogP contribution in [0.3, 0.4) is 0 Å². The molecule has 0 amide bonds. The van der Waals surface area contributed by atoms with Crippen LogP contribution in [-0.2, 0) is 34.5 Å². The van der Waals surface area contributed by atoms with Gasteiger partial charge in [0.1, 0.15) is 0 Å². The van der Waals surface area contributed by atoms with Gasteiger partial charge in [0.25, 0.3) is 0 Å². The van der Waals surface area contributed by atoms with E-state index in [1.165, 1.54) is 0 Å². The van der Waals surface area contributed by atoms with Crippen LogP contribution in [0, 0.1) is 41.4 Å². The Morgan fingerprint density at radius 2 is 0.565 bits per heavy atom. The Hall–Kier alpha value is -0.341. The smallest absolute Gasteiger partial charge is 0 e. The van der Waals surface area contributed by atoms with Gasteiger partial charge in [-0.2, -0.15) is 0 Å². The molecular formula is C19H36IrO3-4. The molecule has 143 valence electrons. The summed E-state index contributed by atoms with van der Waals surface area (Å²) in [6.45, 7) is 31.4. The van der Waals surface area contributed by atoms with Gasteiger partial charge in [-0.3, -0.25) is 20.4 Å². The first kappa shape index (κ1) is 34.1. The van der Waals surface area contributed by atoms with E-state index in [1.54, 1.807) is 0 Å². The van der Waals surface area contributed by atoms with Crippen LogP contribution in [0.5, 0.6) is 0 Å². The van der Waals surface area contributed by atoms with Crippen LogP contribution in [0.15, 0.2) is 0 Å². The van der Waals surface area contributed by atoms with Crippen LogP contribution in [0.2, 0.25) is 0 Å². The first-order chi connectivity index (χ1) is 9.37. The van der Waals surface area contributed by atoms with E-state index in [-0.39, 0.29) is 27.5 Å². The van der Waals surface area contributed by atoms with Crippen LogP contribution in [0.1, 0.15) is 62.3 Å². The van der Waals surface area contributed by atoms with Crippen molar-refractivity contribution < 1.29 is 34.5 Å². The third-order valence-electron chi connectivity index (χ3n) is 4.02. The van der Waals surface area contributed by atoms with Gasteiger partial charge in [0, 0.05) is 20.1 Å². The zero-order valence-corrected chi connectivity index (χ0v) is 18.9. The van der Waals surface area contributed by atoms with E-state index < -0.39 is 0 Å². The normalized spacial score (nSPS) is 22.0. The standard InChI is InChI=1S/C15H30.3CHO.CH3.Ir/c1-13(2,3)10-11(14(4,5)6)12(10)15(7,8)9;3*1-2;;/h10-12H,1-9H3;3*1H;1H3;/q;4*-1;. The third kappa shape index (κ3) is 10.9. The molecule has 0 spiro atoms. The fourth-order valence-electron chi connectivity index (χ4n) is 3.54. The predicted molar refractivity (Wildman–Crippen MR) is 95.5 cm³/mol. The second kappa shape index (κ2) is 13.0. The summed E-state index contributed by atoms with van der Waals surface area (Å²) in [5, 5.41) is 0. The van der Waals surface area contributed by atoms with E-state index in [4.69, 9.17) is 14.4 Å². The number of hydrogen-bond donors (Lipinski definition) is 0. The van der Waals surface area contributed by atoms with Crippen molar-refractivity contribution in [3.63, 3.8) is 0 Å². The second-order valence-electron chi connectivity index (χ2n) is 8.68. The number of hydrogen-bond acceptors (Lipinski definition) is 3. The van der Waals surface area contributed by atoms with E-state index in [1.807, 2.05) is 0 Å². The molecule has 1 fully saturated rings. The van der Waals surface area contributed by atoms with E-state index in [2.05, 4.69) is 82.7 Å². The minimum atomic E-state index is 0. The van der Waals surface area contributed by atoms with Crippen LogP contribution >= 0.6 is 0 Å². The Morgan fingerprint density at radius 3 is 0.609 bits per heavy atom. The summed E-state index contributed by atoms with van der Waals surface area (Å²) in [6, 6.07) is 0. The van der Waals surface area contributed by atoms with Gasteiger partial charge in [0.2, 0.25) is 0 Å². The summed E-state index contributed by atoms with van der Waals surface area (Å²) in [4.78, 5) is 23.2. The summed E-state index contributed by atoms with van der Waals surface area (Å²) in [7, 11) is 0. The Balaban J connectivity index is -0.000000121. The third-order valence-corrected chi connectivity index (χ3v) is 4.02. The Bertz CT molecular complexity index is 231. The molecule has 0 aromatic carbocycles. The molecule has 3 nitrogen and oxygen atoms in total. The van der Waals surface area contributed by atoms with Gasteiger partial charge in [-0.15, -0.1) is 0 Å². The molecule has 23 heavy (non-hydrogen) atoms. The molecule has 4 heteroatoms. The molecule has 0 unspecified atom stereocenters. The van der Waals surface area contributed by atoms with Crippen molar-refractivity contribution in [2.45, 2.75) is 62.3 Å². The molecule has 1 saturated carbocycles. The van der Waals surface area contributed by atoms with Crippen molar-refractivity contribution in [1.29, 1.82) is 0 Å². The Labute approximate surface area is 158 Å². The zero-order chi connectivity index (χ0) is 18.2. The molecule has 0 bridgehead atoms. The molecule has 0 atom stereocenters. The van der Waals surface area contributed by atoms with Crippen LogP contribution < -0.4 is 0 Å². The van der Waals surface area contributed by atoms with Gasteiger partial charge in [0.05, 0.1) is 0 Å². The minimum Gasteiger partial charge on any atom is -0.545 e. The molecule has 1 aliphatic rings. The fraction of sp³-hybridized carbons (Fsp3) is 0.789. The fourth-order valence-corrected chi connectivity index (χ4v) is 3.54. The number of rotatable bonds is 0. The molecule has 1 radical (unpaired) electrons. The Kier molecular flexibility index (Phi) is 19.3. The first-order valence-corrected chi connectivity index (χ1v) is 7.07. The minimum absolute atomic E-state index is 0. The second-order valence-corrected chi connectivity index (χ2v) is 8.68. The van der Waals surface area contributed by atoms with Gasteiger partial charge in [-0.05, 0) is 34.0 Å². The average Bonchev–Trinajstić information content (AvgIpc) is 3.11. The number of carbonyl (C=O) groups excluding carboxylic acids is 3. The summed E-state index contributed by atoms with van der Waals surface area (Å²) in [5.74, 6) is 2.70. The van der Waals surface area contributed by atoms with Gasteiger partial charge in [-0.1, -0.05) is 62.3 Å². The molecule has 0 aromatic heterocycles. The molecular weight excluding hydrogens is 468 g/mol. The topological polar surface area (TPSA) is 51.2 Å². The SMILES string of the molecule is CC(C)(C)C1C(C(C)(C)C)C1C(C)(C)C.[CH-]=O.[CH-]=O.[CH-]=O.[CH3-].[Ir]. The van der Waals surface area contributed by atoms with E-state index >= 15 is 0 Å². The molecule has 0 saturated heterocycles. The molecule has 0 N–H and O–H groups in total. The maximum absolute atomic E-state index is 7.75. The van der Waals surface area contributed by atoms with Crippen molar-refractivity contribution in [1.82, 2.24) is 0 Å². The van der Waals surface area contributed by atoms with Crippen LogP contribution in [0.25, 0.3) is 0 Å². The van der Waals surface area contributed by atoms with Gasteiger partial charge in [0.15, 0.2) is 0 Å². The largest absolute Gasteiger partial charge is 0.545 e. The summed E-state index contributed by atoms with van der Waals surface area (Å²) in [6.07, 6.45) is 0. The van der Waals surface area contributed by atoms with Crippen LogP contribution in [-0.4, -0.2) is 20.4 Å². The van der Waals surface area contributed by atoms with Crippen molar-refractivity contribution in [3.05, 3.63) is 7.43 Å².